The molecule has 0 radical (unpaired) electrons. The molecule has 0 bridgehead atoms. The summed E-state index contributed by atoms with van der Waals surface area (Å²) in [5.41, 5.74) is 6.72. The van der Waals surface area contributed by atoms with Crippen LogP contribution in [0.3, 0.4) is 0 Å². The first-order valence-electron chi connectivity index (χ1n) is 8.16. The number of nitrogens with one attached hydrogen (secondary N) is 1. The molecule has 0 unspecified atom stereocenters. The molecule has 1 rings (SSSR count). The number of unbranched alkanes of at least 4 members (excludes halogenated alkanes) is 2. The molecular weight excluding hydrogens is 294 g/mol. The van der Waals surface area contributed by atoms with Gasteiger partial charge in [-0.1, -0.05) is 0 Å². The molecule has 0 aromatic heterocycles. The van der Waals surface area contributed by atoms with Gasteiger partial charge in [-0.25, -0.2) is 0 Å². The number of anilines is 1. The minimum absolute atomic E-state index is 0.381. The van der Waals surface area contributed by atoms with E-state index in [2.05, 4.69) is 10.3 Å². The first-order valence-corrected chi connectivity index (χ1v) is 8.16. The van der Waals surface area contributed by atoms with Crippen molar-refractivity contribution in [3.8, 4) is 11.5 Å². The van der Waals surface area contributed by atoms with Crippen LogP contribution < -0.4 is 20.5 Å². The Balaban J connectivity index is 2.59. The fourth-order valence-electron chi connectivity index (χ4n) is 2.06. The second-order valence-corrected chi connectivity index (χ2v) is 4.97. The molecule has 0 spiro atoms. The summed E-state index contributed by atoms with van der Waals surface area (Å²) in [6.45, 7) is 6.56. The van der Waals surface area contributed by atoms with Crippen LogP contribution in [0.15, 0.2) is 23.2 Å². The smallest absolute Gasteiger partial charge is 0.193 e. The van der Waals surface area contributed by atoms with Crippen molar-refractivity contribution in [1.82, 2.24) is 0 Å². The number of nitrogens with two attached hydrogens (primary N) is 1. The van der Waals surface area contributed by atoms with Crippen molar-refractivity contribution in [2.45, 2.75) is 33.1 Å². The average molecular weight is 323 g/mol. The predicted molar refractivity (Wildman–Crippen MR) is 94.6 cm³/mol. The zero-order valence-corrected chi connectivity index (χ0v) is 14.4. The van der Waals surface area contributed by atoms with Crippen LogP contribution in [0.25, 0.3) is 0 Å². The van der Waals surface area contributed by atoms with Crippen LogP contribution >= 0.6 is 0 Å². The average Bonchev–Trinajstić information content (AvgIpc) is 2.53. The minimum atomic E-state index is 0.381. The van der Waals surface area contributed by atoms with Crippen molar-refractivity contribution in [2.75, 3.05) is 38.8 Å². The van der Waals surface area contributed by atoms with Crippen molar-refractivity contribution in [2.24, 2.45) is 10.7 Å². The van der Waals surface area contributed by atoms with Crippen LogP contribution in [0, 0.1) is 0 Å². The molecule has 0 heterocycles. The number of ether oxygens (including phenoxy) is 3. The van der Waals surface area contributed by atoms with Gasteiger partial charge in [-0.3, -0.25) is 4.99 Å². The number of rotatable bonds is 11. The molecule has 23 heavy (non-hydrogen) atoms. The Bertz CT molecular complexity index is 478. The van der Waals surface area contributed by atoms with Crippen LogP contribution in [0.5, 0.6) is 11.5 Å². The topological polar surface area (TPSA) is 78.1 Å². The normalized spacial score (nSPS) is 11.3. The summed E-state index contributed by atoms with van der Waals surface area (Å²) in [5.74, 6) is 1.88. The molecule has 0 aliphatic carbocycles. The molecule has 0 saturated carbocycles. The van der Waals surface area contributed by atoms with Crippen LogP contribution in [0.2, 0.25) is 0 Å². The molecule has 0 amide bonds. The molecule has 0 atom stereocenters. The van der Waals surface area contributed by atoms with Gasteiger partial charge in [-0.2, -0.15) is 0 Å². The number of aliphatic imine (C=N–C) groups is 1. The quantitative estimate of drug-likeness (QED) is 0.372. The number of nitrogens with zero attached hydrogens (tertiary/aromatic N) is 1. The standard InChI is InChI=1S/C17H29N3O3/c1-4-22-14-9-10-16(23-5-2)15(13-14)20-17(18)19-11-7-6-8-12-21-3/h9-10,13H,4-8,11-12H2,1-3H3,(H3,18,19,20). The van der Waals surface area contributed by atoms with Crippen LogP contribution in [0.1, 0.15) is 33.1 Å². The summed E-state index contributed by atoms with van der Waals surface area (Å²) in [5, 5.41) is 3.09. The van der Waals surface area contributed by atoms with Gasteiger partial charge in [-0.15, -0.1) is 0 Å². The van der Waals surface area contributed by atoms with Crippen molar-refractivity contribution in [1.29, 1.82) is 0 Å². The van der Waals surface area contributed by atoms with Gasteiger partial charge < -0.3 is 25.3 Å². The second kappa shape index (κ2) is 11.6. The van der Waals surface area contributed by atoms with E-state index in [9.17, 15) is 0 Å². The van der Waals surface area contributed by atoms with Gasteiger partial charge in [-0.05, 0) is 45.2 Å². The van der Waals surface area contributed by atoms with Gasteiger partial charge in [0.05, 0.1) is 18.9 Å². The molecule has 6 heteroatoms. The molecule has 6 nitrogen and oxygen atoms in total. The van der Waals surface area contributed by atoms with Gasteiger partial charge in [0.15, 0.2) is 5.96 Å². The van der Waals surface area contributed by atoms with Crippen molar-refractivity contribution < 1.29 is 14.2 Å². The zero-order chi connectivity index (χ0) is 16.9. The Morgan fingerprint density at radius 3 is 2.61 bits per heavy atom. The van der Waals surface area contributed by atoms with E-state index in [-0.39, 0.29) is 0 Å². The fraction of sp³-hybridized carbons (Fsp3) is 0.588. The molecule has 130 valence electrons. The molecule has 0 aliphatic heterocycles. The Labute approximate surface area is 139 Å². The number of methoxy groups -OCH3 is 1. The van der Waals surface area contributed by atoms with Gasteiger partial charge in [0.25, 0.3) is 0 Å². The minimum Gasteiger partial charge on any atom is -0.494 e. The lowest BCUT2D eigenvalue weighted by molar-refractivity contribution is 0.192. The highest BCUT2D eigenvalue weighted by atomic mass is 16.5. The monoisotopic (exact) mass is 323 g/mol. The largest absolute Gasteiger partial charge is 0.494 e. The third-order valence-corrected chi connectivity index (χ3v) is 3.11. The first-order chi connectivity index (χ1) is 11.2. The number of hydrogen-bond acceptors (Lipinski definition) is 4. The summed E-state index contributed by atoms with van der Waals surface area (Å²) in [4.78, 5) is 4.34. The summed E-state index contributed by atoms with van der Waals surface area (Å²) in [7, 11) is 1.71. The van der Waals surface area contributed by atoms with E-state index < -0.39 is 0 Å². The SMILES string of the molecule is CCOc1ccc(OCC)c(NC(N)=NCCCCCOC)c1. The molecule has 0 saturated heterocycles. The van der Waals surface area contributed by atoms with Crippen LogP contribution in [-0.4, -0.2) is 39.4 Å². The highest BCUT2D eigenvalue weighted by molar-refractivity contribution is 5.94. The number of hydrogen-bond donors (Lipinski definition) is 2. The first kappa shape index (κ1) is 19.1. The van der Waals surface area contributed by atoms with Gasteiger partial charge in [0, 0.05) is 26.3 Å². The second-order valence-electron chi connectivity index (χ2n) is 4.97. The highest BCUT2D eigenvalue weighted by Gasteiger charge is 2.07. The lowest BCUT2D eigenvalue weighted by Crippen LogP contribution is -2.23. The van der Waals surface area contributed by atoms with Crippen molar-refractivity contribution in [3.05, 3.63) is 18.2 Å². The maximum Gasteiger partial charge on any atom is 0.193 e. The molecule has 0 fully saturated rings. The third kappa shape index (κ3) is 7.74. The summed E-state index contributed by atoms with van der Waals surface area (Å²) in [6.07, 6.45) is 3.11. The van der Waals surface area contributed by atoms with E-state index in [0.29, 0.717) is 25.7 Å². The lowest BCUT2D eigenvalue weighted by Gasteiger charge is -2.14. The number of benzene rings is 1. The van der Waals surface area contributed by atoms with Gasteiger partial charge >= 0.3 is 0 Å². The van der Waals surface area contributed by atoms with Crippen LogP contribution in [0.4, 0.5) is 5.69 Å². The third-order valence-electron chi connectivity index (χ3n) is 3.11. The summed E-state index contributed by atoms with van der Waals surface area (Å²) in [6, 6.07) is 5.62. The Hall–Kier alpha value is -1.95. The van der Waals surface area contributed by atoms with E-state index in [4.69, 9.17) is 19.9 Å². The van der Waals surface area contributed by atoms with Crippen molar-refractivity contribution in [3.63, 3.8) is 0 Å². The van der Waals surface area contributed by atoms with E-state index in [1.54, 1.807) is 7.11 Å². The Morgan fingerprint density at radius 2 is 1.91 bits per heavy atom. The highest BCUT2D eigenvalue weighted by Crippen LogP contribution is 2.29. The summed E-state index contributed by atoms with van der Waals surface area (Å²) >= 11 is 0. The van der Waals surface area contributed by atoms with Gasteiger partial charge in [0.2, 0.25) is 0 Å². The van der Waals surface area contributed by atoms with Crippen molar-refractivity contribution >= 4 is 11.6 Å². The zero-order valence-electron chi connectivity index (χ0n) is 14.4. The van der Waals surface area contributed by atoms with Gasteiger partial charge in [0.1, 0.15) is 11.5 Å². The Kier molecular flexibility index (Phi) is 9.63. The maximum absolute atomic E-state index is 5.95. The fourth-order valence-corrected chi connectivity index (χ4v) is 2.06. The summed E-state index contributed by atoms with van der Waals surface area (Å²) < 4.78 is 16.1. The van der Waals surface area contributed by atoms with E-state index in [1.165, 1.54) is 0 Å². The van der Waals surface area contributed by atoms with Crippen LogP contribution in [-0.2, 0) is 4.74 Å². The molecular formula is C17H29N3O3. The number of guanidine groups is 1. The molecule has 1 aromatic carbocycles. The molecule has 0 aliphatic rings. The Morgan fingerprint density at radius 1 is 1.13 bits per heavy atom. The predicted octanol–water partition coefficient (Wildman–Crippen LogP) is 3.03. The molecule has 3 N–H and O–H groups in total. The van der Waals surface area contributed by atoms with E-state index >= 15 is 0 Å². The van der Waals surface area contributed by atoms with E-state index in [1.807, 2.05) is 32.0 Å². The maximum atomic E-state index is 5.95. The lowest BCUT2D eigenvalue weighted by atomic mass is 10.2. The molecule has 1 aromatic rings. The van der Waals surface area contributed by atoms with E-state index in [0.717, 1.165) is 43.1 Å².